The van der Waals surface area contributed by atoms with Crippen LogP contribution >= 0.6 is 11.6 Å². The second-order valence-corrected chi connectivity index (χ2v) is 2.86. The number of aromatic carboxylic acids is 1. The summed E-state index contributed by atoms with van der Waals surface area (Å²) in [6, 6.07) is 4.37. The number of aromatic nitrogens is 1. The number of furan rings is 1. The van der Waals surface area contributed by atoms with E-state index < -0.39 is 5.97 Å². The predicted octanol–water partition coefficient (Wildman–Crippen LogP) is 2.29. The monoisotopic (exact) mass is 213 g/mol. The molecule has 0 aliphatic carbocycles. The van der Waals surface area contributed by atoms with Crippen LogP contribution in [0.25, 0.3) is 11.5 Å². The van der Waals surface area contributed by atoms with E-state index in [9.17, 15) is 4.79 Å². The normalized spacial score (nSPS) is 10.4. The Balaban J connectivity index is 2.38. The number of hydrogen-bond acceptors (Lipinski definition) is 4. The van der Waals surface area contributed by atoms with Crippen LogP contribution in [0, 0.1) is 0 Å². The summed E-state index contributed by atoms with van der Waals surface area (Å²) in [5.41, 5.74) is 0.300. The van der Waals surface area contributed by atoms with Crippen molar-refractivity contribution in [3.05, 3.63) is 29.2 Å². The van der Waals surface area contributed by atoms with Crippen LogP contribution in [-0.4, -0.2) is 16.2 Å². The van der Waals surface area contributed by atoms with Gasteiger partial charge in [-0.15, -0.1) is 0 Å². The highest BCUT2D eigenvalue weighted by atomic mass is 35.5. The van der Waals surface area contributed by atoms with Crippen molar-refractivity contribution in [3.63, 3.8) is 0 Å². The van der Waals surface area contributed by atoms with Gasteiger partial charge in [0.05, 0.1) is 0 Å². The zero-order valence-electron chi connectivity index (χ0n) is 6.73. The van der Waals surface area contributed by atoms with E-state index in [4.69, 9.17) is 21.1 Å². The highest BCUT2D eigenvalue weighted by Gasteiger charge is 2.14. The molecule has 2 heterocycles. The molecule has 0 aromatic carbocycles. The lowest BCUT2D eigenvalue weighted by Gasteiger charge is -1.83. The first kappa shape index (κ1) is 8.83. The van der Waals surface area contributed by atoms with E-state index in [1.54, 1.807) is 6.07 Å². The number of halogens is 1. The van der Waals surface area contributed by atoms with E-state index in [1.807, 2.05) is 0 Å². The molecule has 0 atom stereocenters. The zero-order valence-corrected chi connectivity index (χ0v) is 7.49. The second-order valence-electron chi connectivity index (χ2n) is 2.49. The van der Waals surface area contributed by atoms with Crippen LogP contribution in [0.15, 0.2) is 27.1 Å². The fourth-order valence-corrected chi connectivity index (χ4v) is 1.09. The molecule has 0 fully saturated rings. The minimum Gasteiger partial charge on any atom is -0.475 e. The lowest BCUT2D eigenvalue weighted by Crippen LogP contribution is -1.91. The van der Waals surface area contributed by atoms with E-state index in [0.717, 1.165) is 0 Å². The van der Waals surface area contributed by atoms with Crippen molar-refractivity contribution < 1.29 is 18.8 Å². The fourth-order valence-electron chi connectivity index (χ4n) is 0.944. The van der Waals surface area contributed by atoms with Gasteiger partial charge in [-0.25, -0.2) is 4.79 Å². The first-order valence-corrected chi connectivity index (χ1v) is 4.00. The van der Waals surface area contributed by atoms with E-state index in [0.29, 0.717) is 11.5 Å². The smallest absolute Gasteiger partial charge is 0.374 e. The number of hydrogen-bond donors (Lipinski definition) is 1. The summed E-state index contributed by atoms with van der Waals surface area (Å²) in [6.07, 6.45) is 0. The Morgan fingerprint density at radius 3 is 2.79 bits per heavy atom. The van der Waals surface area contributed by atoms with E-state index in [-0.39, 0.29) is 11.0 Å². The molecule has 0 spiro atoms. The van der Waals surface area contributed by atoms with Gasteiger partial charge in [-0.3, -0.25) is 0 Å². The van der Waals surface area contributed by atoms with Crippen LogP contribution in [0.3, 0.4) is 0 Å². The molecule has 0 radical (unpaired) electrons. The Kier molecular flexibility index (Phi) is 2.01. The average molecular weight is 214 g/mol. The molecule has 5 nitrogen and oxygen atoms in total. The van der Waals surface area contributed by atoms with Gasteiger partial charge in [-0.05, 0) is 23.7 Å². The summed E-state index contributed by atoms with van der Waals surface area (Å²) >= 11 is 5.54. The maximum absolute atomic E-state index is 10.5. The quantitative estimate of drug-likeness (QED) is 0.828. The first-order chi connectivity index (χ1) is 6.66. The Morgan fingerprint density at radius 1 is 1.50 bits per heavy atom. The van der Waals surface area contributed by atoms with Gasteiger partial charge in [-0.1, -0.05) is 5.16 Å². The molecule has 0 saturated heterocycles. The van der Waals surface area contributed by atoms with Crippen molar-refractivity contribution in [1.82, 2.24) is 5.16 Å². The van der Waals surface area contributed by atoms with E-state index in [2.05, 4.69) is 9.68 Å². The van der Waals surface area contributed by atoms with E-state index >= 15 is 0 Å². The van der Waals surface area contributed by atoms with Gasteiger partial charge in [0.1, 0.15) is 5.69 Å². The Bertz CT molecular complexity index is 473. The molecule has 2 rings (SSSR count). The average Bonchev–Trinajstić information content (AvgIpc) is 2.70. The third-order valence-electron chi connectivity index (χ3n) is 1.55. The summed E-state index contributed by atoms with van der Waals surface area (Å²) in [4.78, 5) is 10.5. The number of carbonyl (C=O) groups is 1. The van der Waals surface area contributed by atoms with Gasteiger partial charge in [0.25, 0.3) is 0 Å². The molecule has 1 N–H and O–H groups in total. The minimum atomic E-state index is -1.18. The molecule has 0 aliphatic rings. The third-order valence-corrected chi connectivity index (χ3v) is 1.75. The lowest BCUT2D eigenvalue weighted by atomic mass is 10.3. The number of nitrogens with zero attached hydrogens (tertiary/aromatic N) is 1. The molecule has 0 saturated carbocycles. The molecular formula is C8H4ClNO4. The fraction of sp³-hybridized carbons (Fsp3) is 0. The summed E-state index contributed by atoms with van der Waals surface area (Å²) in [5.74, 6) is -1.06. The van der Waals surface area contributed by atoms with Crippen molar-refractivity contribution in [2.45, 2.75) is 0 Å². The Morgan fingerprint density at radius 2 is 2.29 bits per heavy atom. The van der Waals surface area contributed by atoms with Crippen molar-refractivity contribution in [3.8, 4) is 11.5 Å². The van der Waals surface area contributed by atoms with Gasteiger partial charge in [0.15, 0.2) is 11.0 Å². The van der Waals surface area contributed by atoms with Crippen LogP contribution < -0.4 is 0 Å². The van der Waals surface area contributed by atoms with Gasteiger partial charge in [0.2, 0.25) is 5.76 Å². The standard InChI is InChI=1S/C8H4ClNO4/c9-7-2-1-5(13-7)4-3-6(8(11)12)14-10-4/h1-3H,(H,11,12). The van der Waals surface area contributed by atoms with Gasteiger partial charge in [0, 0.05) is 6.07 Å². The van der Waals surface area contributed by atoms with Gasteiger partial charge < -0.3 is 14.0 Å². The number of rotatable bonds is 2. The second kappa shape index (κ2) is 3.19. The highest BCUT2D eigenvalue weighted by Crippen LogP contribution is 2.24. The molecule has 2 aromatic rings. The molecule has 2 aromatic heterocycles. The first-order valence-electron chi connectivity index (χ1n) is 3.62. The lowest BCUT2D eigenvalue weighted by molar-refractivity contribution is 0.0652. The van der Waals surface area contributed by atoms with Crippen LogP contribution in [0.5, 0.6) is 0 Å². The topological polar surface area (TPSA) is 76.5 Å². The van der Waals surface area contributed by atoms with Crippen molar-refractivity contribution in [2.24, 2.45) is 0 Å². The summed E-state index contributed by atoms with van der Waals surface area (Å²) in [7, 11) is 0. The van der Waals surface area contributed by atoms with Crippen molar-refractivity contribution >= 4 is 17.6 Å². The van der Waals surface area contributed by atoms with Crippen molar-refractivity contribution in [2.75, 3.05) is 0 Å². The van der Waals surface area contributed by atoms with Crippen LogP contribution in [0.4, 0.5) is 0 Å². The Labute approximate surface area is 82.9 Å². The van der Waals surface area contributed by atoms with Crippen LogP contribution in [0.1, 0.15) is 10.6 Å². The van der Waals surface area contributed by atoms with Gasteiger partial charge >= 0.3 is 5.97 Å². The molecule has 0 aliphatic heterocycles. The summed E-state index contributed by atoms with van der Waals surface area (Å²) in [5, 5.41) is 12.3. The molecule has 14 heavy (non-hydrogen) atoms. The number of carboxylic acids is 1. The van der Waals surface area contributed by atoms with Crippen LogP contribution in [0.2, 0.25) is 5.22 Å². The summed E-state index contributed by atoms with van der Waals surface area (Å²) < 4.78 is 9.55. The predicted molar refractivity (Wildman–Crippen MR) is 46.2 cm³/mol. The van der Waals surface area contributed by atoms with Crippen LogP contribution in [-0.2, 0) is 0 Å². The molecule has 0 amide bonds. The molecule has 72 valence electrons. The third kappa shape index (κ3) is 1.49. The maximum atomic E-state index is 10.5. The maximum Gasteiger partial charge on any atom is 0.374 e. The highest BCUT2D eigenvalue weighted by molar-refractivity contribution is 6.28. The SMILES string of the molecule is O=C(O)c1cc(-c2ccc(Cl)o2)no1. The largest absolute Gasteiger partial charge is 0.475 e. The molecule has 0 unspecified atom stereocenters. The molecular weight excluding hydrogens is 210 g/mol. The minimum absolute atomic E-state index is 0.208. The summed E-state index contributed by atoms with van der Waals surface area (Å²) in [6.45, 7) is 0. The zero-order chi connectivity index (χ0) is 10.1. The molecule has 6 heteroatoms. The van der Waals surface area contributed by atoms with E-state index in [1.165, 1.54) is 12.1 Å². The van der Waals surface area contributed by atoms with Crippen molar-refractivity contribution in [1.29, 1.82) is 0 Å². The number of carboxylic acid groups (broad SMARTS) is 1. The van der Waals surface area contributed by atoms with Gasteiger partial charge in [-0.2, -0.15) is 0 Å². The Hall–Kier alpha value is -1.75. The molecule has 0 bridgehead atoms.